The number of fused-ring (bicyclic) bond motifs is 3. The molecule has 194 valence electrons. The molecule has 0 amide bonds. The Bertz CT molecular complexity index is 997. The van der Waals surface area contributed by atoms with Gasteiger partial charge in [0.25, 0.3) is 0 Å². The summed E-state index contributed by atoms with van der Waals surface area (Å²) in [4.78, 5) is 0. The lowest BCUT2D eigenvalue weighted by Gasteiger charge is -2.28. The summed E-state index contributed by atoms with van der Waals surface area (Å²) < 4.78 is 44.6. The molecule has 1 unspecified atom stereocenters. The number of benzene rings is 2. The Balaban J connectivity index is 0.000000784. The van der Waals surface area contributed by atoms with Crippen LogP contribution in [-0.4, -0.2) is 26.4 Å². The molecule has 8 heteroatoms. The molecule has 0 heterocycles. The van der Waals surface area contributed by atoms with E-state index < -0.39 is 7.60 Å². The second-order valence-electron chi connectivity index (χ2n) is 8.58. The van der Waals surface area contributed by atoms with E-state index >= 15 is 0 Å². The van der Waals surface area contributed by atoms with Crippen molar-refractivity contribution in [3.05, 3.63) is 58.7 Å². The Morgan fingerprint density at radius 1 is 0.829 bits per heavy atom. The van der Waals surface area contributed by atoms with Crippen LogP contribution in [0.1, 0.15) is 76.6 Å². The highest BCUT2D eigenvalue weighted by Gasteiger charge is 2.39. The molecule has 0 saturated carbocycles. The lowest BCUT2D eigenvalue weighted by Crippen LogP contribution is -2.20. The first-order chi connectivity index (χ1) is 16.8. The lowest BCUT2D eigenvalue weighted by atomic mass is 9.76. The van der Waals surface area contributed by atoms with Crippen molar-refractivity contribution in [2.75, 3.05) is 26.4 Å². The number of hydrogen-bond donors (Lipinski definition) is 0. The maximum absolute atomic E-state index is 13.0. The van der Waals surface area contributed by atoms with Crippen molar-refractivity contribution < 1.29 is 27.4 Å². The first kappa shape index (κ1) is 29.8. The van der Waals surface area contributed by atoms with Crippen molar-refractivity contribution in [1.82, 2.24) is 0 Å². The lowest BCUT2D eigenvalue weighted by molar-refractivity contribution is 0.162. The van der Waals surface area contributed by atoms with Crippen molar-refractivity contribution in [3.8, 4) is 11.1 Å². The maximum Gasteiger partial charge on any atom is 0.335 e. The second kappa shape index (κ2) is 14.4. The van der Waals surface area contributed by atoms with Gasteiger partial charge in [0.2, 0.25) is 0 Å². The quantitative estimate of drug-likeness (QED) is 0.246. The minimum atomic E-state index is -3.16. The van der Waals surface area contributed by atoms with Crippen molar-refractivity contribution in [2.45, 2.75) is 72.6 Å². The molecule has 1 atom stereocenters. The fraction of sp³-hybridized carbons (Fsp3) is 0.556. The zero-order chi connectivity index (χ0) is 25.9. The highest BCUT2D eigenvalue weighted by atomic mass is 31.2. The average Bonchev–Trinajstić information content (AvgIpc) is 3.06. The van der Waals surface area contributed by atoms with E-state index in [0.29, 0.717) is 19.8 Å². The van der Waals surface area contributed by atoms with Crippen LogP contribution in [0, 0.1) is 0 Å². The van der Waals surface area contributed by atoms with E-state index in [0.717, 1.165) is 37.2 Å². The number of rotatable bonds is 13. The zero-order valence-corrected chi connectivity index (χ0v) is 23.8. The van der Waals surface area contributed by atoms with Gasteiger partial charge in [0.05, 0.1) is 26.0 Å². The molecule has 0 spiro atoms. The predicted molar refractivity (Wildman–Crippen MR) is 142 cm³/mol. The fourth-order valence-electron chi connectivity index (χ4n) is 4.72. The monoisotopic (exact) mass is 522 g/mol. The minimum Gasteiger partial charge on any atom is -0.382 e. The van der Waals surface area contributed by atoms with Crippen LogP contribution in [-0.2, 0) is 45.6 Å². The van der Waals surface area contributed by atoms with Crippen LogP contribution >= 0.6 is 16.3 Å². The Morgan fingerprint density at radius 2 is 1.37 bits per heavy atom. The molecule has 35 heavy (non-hydrogen) atoms. The van der Waals surface area contributed by atoms with Crippen LogP contribution in [0.4, 0.5) is 0 Å². The predicted octanol–water partition coefficient (Wildman–Crippen LogP) is 8.31. The van der Waals surface area contributed by atoms with E-state index in [1.165, 1.54) is 22.3 Å². The Morgan fingerprint density at radius 3 is 1.83 bits per heavy atom. The molecule has 0 bridgehead atoms. The molecular formula is C27H40O6P2. The van der Waals surface area contributed by atoms with Gasteiger partial charge in [-0.15, -0.1) is 0 Å². The molecule has 0 radical (unpaired) electrons. The van der Waals surface area contributed by atoms with Crippen LogP contribution in [0.5, 0.6) is 0 Å². The van der Waals surface area contributed by atoms with Gasteiger partial charge < -0.3 is 13.8 Å². The average molecular weight is 523 g/mol. The summed E-state index contributed by atoms with van der Waals surface area (Å²) in [6, 6.07) is 12.6. The van der Waals surface area contributed by atoms with Gasteiger partial charge >= 0.3 is 16.3 Å². The molecule has 0 aliphatic heterocycles. The van der Waals surface area contributed by atoms with Gasteiger partial charge in [-0.3, -0.25) is 9.09 Å². The summed E-state index contributed by atoms with van der Waals surface area (Å²) in [7, 11) is -3.47. The van der Waals surface area contributed by atoms with Gasteiger partial charge in [0.1, 0.15) is 0 Å². The second-order valence-corrected chi connectivity index (χ2v) is 11.0. The van der Waals surface area contributed by atoms with Gasteiger partial charge in [0.15, 0.2) is 0 Å². The van der Waals surface area contributed by atoms with E-state index in [1.54, 1.807) is 0 Å². The van der Waals surface area contributed by atoms with Crippen LogP contribution in [0.2, 0.25) is 0 Å². The van der Waals surface area contributed by atoms with Crippen LogP contribution < -0.4 is 0 Å². The van der Waals surface area contributed by atoms with Gasteiger partial charge in [-0.1, -0.05) is 56.7 Å². The third-order valence-corrected chi connectivity index (χ3v) is 8.41. The molecule has 1 aliphatic rings. The molecule has 1 aliphatic carbocycles. The molecule has 0 aromatic heterocycles. The summed E-state index contributed by atoms with van der Waals surface area (Å²) in [5.41, 5.74) is 6.75. The van der Waals surface area contributed by atoms with Crippen molar-refractivity contribution in [1.29, 1.82) is 0 Å². The Hall–Kier alpha value is -1.39. The summed E-state index contributed by atoms with van der Waals surface area (Å²) in [6.07, 6.45) is 2.30. The molecule has 2 aromatic rings. The topological polar surface area (TPSA) is 71.1 Å². The highest BCUT2D eigenvalue weighted by Crippen LogP contribution is 2.54. The zero-order valence-electron chi connectivity index (χ0n) is 22.0. The van der Waals surface area contributed by atoms with E-state index in [1.807, 2.05) is 39.8 Å². The third kappa shape index (κ3) is 7.55. The fourth-order valence-corrected chi connectivity index (χ4v) is 6.61. The van der Waals surface area contributed by atoms with Gasteiger partial charge in [-0.25, -0.2) is 4.57 Å². The number of hydrogen-bond acceptors (Lipinski definition) is 6. The van der Waals surface area contributed by atoms with Crippen molar-refractivity contribution >= 4 is 16.3 Å². The summed E-state index contributed by atoms with van der Waals surface area (Å²) in [6.45, 7) is 14.8. The van der Waals surface area contributed by atoms with Crippen LogP contribution in [0.3, 0.4) is 0 Å². The first-order valence-electron chi connectivity index (χ1n) is 12.5. The molecule has 3 rings (SSSR count). The van der Waals surface area contributed by atoms with Crippen molar-refractivity contribution in [2.24, 2.45) is 0 Å². The standard InChI is InChI=1S/C23H30O5P2.C4H10O/c1-5-12-23(4)21-13-17(15-26-29-24)8-10-19(21)20-11-9-18(14-22(20)23)16-30(25,27-6-2)28-7-3;1-3-5-4-2/h8-11,13-14H,5-7,12,15-16H2,1-4H3;3-4H2,1-2H3. The molecule has 6 nitrogen and oxygen atoms in total. The van der Waals surface area contributed by atoms with Crippen LogP contribution in [0.25, 0.3) is 11.1 Å². The van der Waals surface area contributed by atoms with Crippen LogP contribution in [0.15, 0.2) is 36.4 Å². The van der Waals surface area contributed by atoms with Crippen molar-refractivity contribution in [3.63, 3.8) is 0 Å². The first-order valence-corrected chi connectivity index (χ1v) is 15.0. The van der Waals surface area contributed by atoms with Gasteiger partial charge in [-0.05, 0) is 67.5 Å². The number of ether oxygens (including phenoxy) is 1. The maximum atomic E-state index is 13.0. The largest absolute Gasteiger partial charge is 0.382 e. The highest BCUT2D eigenvalue weighted by molar-refractivity contribution is 7.53. The van der Waals surface area contributed by atoms with E-state index in [4.69, 9.17) is 18.3 Å². The van der Waals surface area contributed by atoms with E-state index in [-0.39, 0.29) is 20.3 Å². The molecule has 0 saturated heterocycles. The SMILES string of the molecule is CCCC1(C)c2cc(COP=O)ccc2-c2ccc(CP(=O)(OCC)OCC)cc21.CCOCC. The molecule has 0 N–H and O–H groups in total. The Kier molecular flexibility index (Phi) is 12.3. The summed E-state index contributed by atoms with van der Waals surface area (Å²) >= 11 is 0. The Labute approximate surface area is 212 Å². The summed E-state index contributed by atoms with van der Waals surface area (Å²) in [5, 5.41) is 0. The third-order valence-electron chi connectivity index (χ3n) is 6.12. The normalized spacial score (nSPS) is 16.5. The van der Waals surface area contributed by atoms with E-state index in [2.05, 4.69) is 38.1 Å². The smallest absolute Gasteiger partial charge is 0.335 e. The summed E-state index contributed by atoms with van der Waals surface area (Å²) in [5.74, 6) is 0. The minimum absolute atomic E-state index is 0.151. The van der Waals surface area contributed by atoms with Gasteiger partial charge in [0, 0.05) is 18.6 Å². The molecule has 0 fully saturated rings. The van der Waals surface area contributed by atoms with E-state index in [9.17, 15) is 9.13 Å². The molecule has 2 aromatic carbocycles. The van der Waals surface area contributed by atoms with Gasteiger partial charge in [-0.2, -0.15) is 0 Å². The molecular weight excluding hydrogens is 482 g/mol.